The molecule has 2 fully saturated rings. The summed E-state index contributed by atoms with van der Waals surface area (Å²) in [7, 11) is 0. The third kappa shape index (κ3) is 14.6. The monoisotopic (exact) mass is 740 g/mol. The molecule has 6 atom stereocenters. The molecule has 1 aliphatic heterocycles. The minimum Gasteiger partial charge on any atom is -0.346 e. The smallest absolute Gasteiger partial charge is 0.315 e. The standard InChI is InChI=1S/C37H66N6O7S/c1-8-10-18-28(31(44)34(46)39-20-9-2)40-33(45)30-27(25(3)4)19-22-43(30)35(47)32(37(5,6)7)42-36(48)41-29(26-16-12-11-13-17-26)24-38-21-14-15-23-51(49)50/h9,25-30,32,38H,2,8,10-24H2,1,3-7H3,(H,39,46)(H,40,45)(H,49,50)(H2,41,42,48)/p+2/t27-,28?,29-,30+,32-/m1/s1. The number of nitrogens with zero attached hydrogens (tertiary/aromatic N) is 1. The molecular weight excluding hydrogens is 673 g/mol. The fraction of sp³-hybridized carbons (Fsp3) is 0.811. The number of amides is 5. The van der Waals surface area contributed by atoms with Crippen molar-refractivity contribution < 1.29 is 38.1 Å². The van der Waals surface area contributed by atoms with Crippen LogP contribution in [0, 0.1) is 23.2 Å². The van der Waals surface area contributed by atoms with Crippen molar-refractivity contribution in [2.75, 3.05) is 31.9 Å². The number of carbonyl (C=O) groups excluding carboxylic acids is 5. The lowest BCUT2D eigenvalue weighted by Gasteiger charge is -2.37. The first-order valence-corrected chi connectivity index (χ1v) is 20.6. The third-order valence-electron chi connectivity index (χ3n) is 10.3. The van der Waals surface area contributed by atoms with Crippen molar-refractivity contribution in [3.63, 3.8) is 0 Å². The molecule has 0 aromatic carbocycles. The first-order chi connectivity index (χ1) is 24.1. The second-order valence-corrected chi connectivity index (χ2v) is 16.9. The Morgan fingerprint density at radius 1 is 1.00 bits per heavy atom. The maximum atomic E-state index is 14.5. The molecule has 1 saturated heterocycles. The minimum absolute atomic E-state index is 0.0578. The van der Waals surface area contributed by atoms with Crippen LogP contribution in [-0.2, 0) is 34.5 Å². The Morgan fingerprint density at radius 2 is 1.69 bits per heavy atom. The Labute approximate surface area is 308 Å². The van der Waals surface area contributed by atoms with Gasteiger partial charge in [0.05, 0.1) is 25.2 Å². The molecule has 1 heterocycles. The molecule has 14 heteroatoms. The van der Waals surface area contributed by atoms with Crippen LogP contribution >= 0.6 is 0 Å². The van der Waals surface area contributed by atoms with Gasteiger partial charge < -0.3 is 31.5 Å². The summed E-state index contributed by atoms with van der Waals surface area (Å²) in [5.74, 6) is -1.86. The molecule has 0 radical (unpaired) electrons. The van der Waals surface area contributed by atoms with Crippen molar-refractivity contribution in [2.24, 2.45) is 23.2 Å². The van der Waals surface area contributed by atoms with Gasteiger partial charge in [-0.3, -0.25) is 19.2 Å². The number of unbranched alkanes of at least 4 members (excludes halogenated alkanes) is 2. The van der Waals surface area contributed by atoms with Gasteiger partial charge in [0.25, 0.3) is 5.91 Å². The lowest BCUT2D eigenvalue weighted by atomic mass is 9.83. The van der Waals surface area contributed by atoms with Gasteiger partial charge in [-0.2, -0.15) is 4.55 Å². The van der Waals surface area contributed by atoms with Gasteiger partial charge in [-0.05, 0) is 55.3 Å². The van der Waals surface area contributed by atoms with Gasteiger partial charge in [0.1, 0.15) is 17.8 Å². The zero-order valence-electron chi connectivity index (χ0n) is 32.0. The summed E-state index contributed by atoms with van der Waals surface area (Å²) >= 11 is -2.12. The normalized spacial score (nSPS) is 20.6. The first kappa shape index (κ1) is 44.3. The molecule has 7 N–H and O–H groups in total. The van der Waals surface area contributed by atoms with E-state index in [1.807, 2.05) is 41.5 Å². The van der Waals surface area contributed by atoms with Crippen LogP contribution in [0.15, 0.2) is 12.7 Å². The molecule has 0 spiro atoms. The average Bonchev–Trinajstić information content (AvgIpc) is 3.54. The number of hydrogen-bond donors (Lipinski definition) is 6. The number of thiol groups is 1. The quantitative estimate of drug-likeness (QED) is 0.0343. The molecule has 13 nitrogen and oxygen atoms in total. The second kappa shape index (κ2) is 22.3. The second-order valence-electron chi connectivity index (χ2n) is 15.8. The van der Waals surface area contributed by atoms with Crippen molar-refractivity contribution in [3.8, 4) is 0 Å². The van der Waals surface area contributed by atoms with Crippen LogP contribution < -0.4 is 26.6 Å². The Hall–Kier alpha value is -2.84. The number of ketones is 1. The van der Waals surface area contributed by atoms with Gasteiger partial charge in [0.15, 0.2) is 0 Å². The van der Waals surface area contributed by atoms with E-state index in [4.69, 9.17) is 4.55 Å². The number of nitrogens with one attached hydrogen (secondary N) is 4. The highest BCUT2D eigenvalue weighted by atomic mass is 32.2. The van der Waals surface area contributed by atoms with Crippen LogP contribution in [0.4, 0.5) is 4.79 Å². The Morgan fingerprint density at radius 3 is 2.27 bits per heavy atom. The highest BCUT2D eigenvalue weighted by Crippen LogP contribution is 2.33. The number of quaternary nitrogens is 1. The number of nitrogens with two attached hydrogens (primary N) is 1. The zero-order chi connectivity index (χ0) is 38.1. The fourth-order valence-electron chi connectivity index (χ4n) is 7.34. The predicted molar refractivity (Wildman–Crippen MR) is 201 cm³/mol. The van der Waals surface area contributed by atoms with Crippen LogP contribution in [0.3, 0.4) is 0 Å². The van der Waals surface area contributed by atoms with Crippen LogP contribution in [0.1, 0.15) is 112 Å². The number of urea groups is 1. The van der Waals surface area contributed by atoms with E-state index in [1.165, 1.54) is 12.5 Å². The van der Waals surface area contributed by atoms with E-state index in [0.717, 1.165) is 45.1 Å². The molecule has 5 amide bonds. The summed E-state index contributed by atoms with van der Waals surface area (Å²) in [4.78, 5) is 69.5. The topological polar surface area (TPSA) is 191 Å². The molecule has 2 aliphatic rings. The summed E-state index contributed by atoms with van der Waals surface area (Å²) in [6.07, 6.45) is 10.7. The number of carbonyl (C=O) groups is 5. The van der Waals surface area contributed by atoms with Crippen molar-refractivity contribution in [1.82, 2.24) is 26.2 Å². The van der Waals surface area contributed by atoms with E-state index in [-0.39, 0.29) is 30.3 Å². The molecule has 0 aromatic rings. The summed E-state index contributed by atoms with van der Waals surface area (Å²) < 4.78 is 20.1. The largest absolute Gasteiger partial charge is 0.346 e. The summed E-state index contributed by atoms with van der Waals surface area (Å²) in [5, 5.41) is 13.7. The van der Waals surface area contributed by atoms with Gasteiger partial charge in [-0.15, -0.1) is 6.58 Å². The van der Waals surface area contributed by atoms with E-state index >= 15 is 0 Å². The summed E-state index contributed by atoms with van der Waals surface area (Å²) in [6, 6.07) is -3.36. The molecule has 1 aliphatic carbocycles. The highest BCUT2D eigenvalue weighted by Gasteiger charge is 2.48. The van der Waals surface area contributed by atoms with Crippen molar-refractivity contribution >= 4 is 40.6 Å². The van der Waals surface area contributed by atoms with Crippen molar-refractivity contribution in [2.45, 2.75) is 136 Å². The molecule has 292 valence electrons. The Kier molecular flexibility index (Phi) is 19.4. The molecule has 0 aromatic heterocycles. The highest BCUT2D eigenvalue weighted by molar-refractivity contribution is 7.79. The number of rotatable bonds is 21. The Bertz CT molecular complexity index is 1190. The number of hydrogen-bond acceptors (Lipinski definition) is 6. The molecule has 51 heavy (non-hydrogen) atoms. The van der Waals surface area contributed by atoms with Crippen molar-refractivity contribution in [3.05, 3.63) is 12.7 Å². The molecule has 2 rings (SSSR count). The molecule has 0 bridgehead atoms. The third-order valence-corrected chi connectivity index (χ3v) is 11.0. The molecular formula is C37H68N6O7S+2. The maximum absolute atomic E-state index is 14.5. The van der Waals surface area contributed by atoms with Crippen LogP contribution in [-0.4, -0.2) is 95.1 Å². The summed E-state index contributed by atoms with van der Waals surface area (Å²) in [6.45, 7) is 17.1. The van der Waals surface area contributed by atoms with Gasteiger partial charge >= 0.3 is 6.03 Å². The summed E-state index contributed by atoms with van der Waals surface area (Å²) in [5.41, 5.74) is -0.686. The number of Topliss-reactive ketones (excluding diaryl/α,β-unsaturated/α-hetero) is 1. The van der Waals surface area contributed by atoms with Gasteiger partial charge in [0, 0.05) is 19.5 Å². The van der Waals surface area contributed by atoms with Gasteiger partial charge in [0.2, 0.25) is 28.7 Å². The number of likely N-dealkylation sites (tertiary alicyclic amines) is 1. The minimum atomic E-state index is -2.12. The van der Waals surface area contributed by atoms with E-state index < -0.39 is 58.2 Å². The van der Waals surface area contributed by atoms with Crippen LogP contribution in [0.2, 0.25) is 0 Å². The molecule has 1 saturated carbocycles. The molecule has 2 unspecified atom stereocenters. The Balaban J connectivity index is 2.25. The lowest BCUT2D eigenvalue weighted by Crippen LogP contribution is -2.88. The maximum Gasteiger partial charge on any atom is 0.315 e. The van der Waals surface area contributed by atoms with Gasteiger partial charge in [-0.25, -0.2) is 4.79 Å². The zero-order valence-corrected chi connectivity index (χ0v) is 32.9. The van der Waals surface area contributed by atoms with E-state index in [9.17, 15) is 28.2 Å². The lowest BCUT2D eigenvalue weighted by molar-refractivity contribution is -0.658. The van der Waals surface area contributed by atoms with Crippen LogP contribution in [0.25, 0.3) is 0 Å². The van der Waals surface area contributed by atoms with E-state index in [0.29, 0.717) is 50.4 Å². The fourth-order valence-corrected chi connectivity index (χ4v) is 7.83. The predicted octanol–water partition coefficient (Wildman–Crippen LogP) is 2.58. The average molecular weight is 741 g/mol. The van der Waals surface area contributed by atoms with E-state index in [1.54, 1.807) is 4.90 Å². The van der Waals surface area contributed by atoms with Crippen LogP contribution in [0.5, 0.6) is 0 Å². The first-order valence-electron chi connectivity index (χ1n) is 19.2. The van der Waals surface area contributed by atoms with Gasteiger partial charge in [-0.1, -0.05) is 83.9 Å². The SMILES string of the molecule is C=CCNC(=O)C(=O)C(CCCC)NC(=O)[C@@H]1[C@@H](C(C)C)CCN1C(=O)[C@@H](NC(=O)N[C@H](C[NH2+]CCCC[SH+](=O)O)C1CCCCC1)C(C)(C)C. The van der Waals surface area contributed by atoms with E-state index in [2.05, 4.69) is 33.2 Å². The van der Waals surface area contributed by atoms with Crippen molar-refractivity contribution in [1.29, 1.82) is 0 Å².